The van der Waals surface area contributed by atoms with Gasteiger partial charge >= 0.3 is 5.97 Å². The summed E-state index contributed by atoms with van der Waals surface area (Å²) in [5.41, 5.74) is 1.45. The molecule has 1 aliphatic carbocycles. The summed E-state index contributed by atoms with van der Waals surface area (Å²) in [6.45, 7) is 0. The monoisotopic (exact) mass is 243 g/mol. The van der Waals surface area contributed by atoms with Crippen LogP contribution < -0.4 is 0 Å². The summed E-state index contributed by atoms with van der Waals surface area (Å²) in [5.74, 6) is -1.06. The van der Waals surface area contributed by atoms with E-state index in [1.165, 1.54) is 6.20 Å². The second-order valence-electron chi connectivity index (χ2n) is 4.04. The van der Waals surface area contributed by atoms with E-state index in [9.17, 15) is 13.2 Å². The minimum Gasteiger partial charge on any atom is -0.478 e. The fourth-order valence-electron chi connectivity index (χ4n) is 2.18. The summed E-state index contributed by atoms with van der Waals surface area (Å²) >= 11 is 0. The van der Waals surface area contributed by atoms with Gasteiger partial charge in [-0.25, -0.2) is 17.2 Å². The Balaban J connectivity index is 2.69. The molecule has 0 radical (unpaired) electrons. The first-order valence-electron chi connectivity index (χ1n) is 5.08. The van der Waals surface area contributed by atoms with E-state index in [2.05, 4.69) is 0 Å². The average molecular weight is 243 g/mol. The predicted molar refractivity (Wildman–Crippen MR) is 58.3 cm³/mol. The third-order valence-corrected chi connectivity index (χ3v) is 3.90. The number of carboxylic acids is 1. The lowest BCUT2D eigenvalue weighted by molar-refractivity contribution is 0.0695. The largest absolute Gasteiger partial charge is 0.478 e. The molecule has 0 aliphatic heterocycles. The molecule has 6 heteroatoms. The van der Waals surface area contributed by atoms with Crippen molar-refractivity contribution >= 4 is 16.0 Å². The predicted octanol–water partition coefficient (Wildman–Crippen LogP) is 0.873. The molecule has 88 valence electrons. The lowest BCUT2D eigenvalue weighted by Gasteiger charge is -2.14. The molecule has 0 amide bonds. The number of rotatable bonds is 2. The van der Waals surface area contributed by atoms with Crippen LogP contribution in [0.2, 0.25) is 0 Å². The molecular formula is C10H13NO4S. The molecule has 0 aromatic carbocycles. The van der Waals surface area contributed by atoms with Gasteiger partial charge in [0.25, 0.3) is 0 Å². The zero-order valence-corrected chi connectivity index (χ0v) is 9.75. The lowest BCUT2D eigenvalue weighted by Crippen LogP contribution is -2.15. The van der Waals surface area contributed by atoms with E-state index < -0.39 is 16.0 Å². The van der Waals surface area contributed by atoms with Crippen LogP contribution in [0.3, 0.4) is 0 Å². The summed E-state index contributed by atoms with van der Waals surface area (Å²) in [6, 6.07) is 0. The summed E-state index contributed by atoms with van der Waals surface area (Å²) in [4.78, 5) is 11.0. The number of hydrogen-bond acceptors (Lipinski definition) is 3. The number of hydrogen-bond donors (Lipinski definition) is 1. The van der Waals surface area contributed by atoms with Crippen LogP contribution in [0.25, 0.3) is 0 Å². The van der Waals surface area contributed by atoms with Crippen LogP contribution in [0, 0.1) is 0 Å². The molecular weight excluding hydrogens is 230 g/mol. The first kappa shape index (κ1) is 11.2. The van der Waals surface area contributed by atoms with Gasteiger partial charge in [-0.15, -0.1) is 0 Å². The molecule has 1 aliphatic rings. The maximum Gasteiger partial charge on any atom is 0.337 e. The number of fused-ring (bicyclic) bond motifs is 1. The van der Waals surface area contributed by atoms with Crippen molar-refractivity contribution in [3.63, 3.8) is 0 Å². The second kappa shape index (κ2) is 3.62. The minimum absolute atomic E-state index is 0.125. The van der Waals surface area contributed by atoms with Crippen molar-refractivity contribution in [3.8, 4) is 0 Å². The zero-order chi connectivity index (χ0) is 11.9. The Labute approximate surface area is 93.8 Å². The summed E-state index contributed by atoms with van der Waals surface area (Å²) < 4.78 is 24.1. The van der Waals surface area contributed by atoms with Gasteiger partial charge in [0.1, 0.15) is 0 Å². The molecule has 1 N–H and O–H groups in total. The molecule has 0 spiro atoms. The fraction of sp³-hybridized carbons (Fsp3) is 0.500. The minimum atomic E-state index is -3.40. The standard InChI is InChI=1S/C10H13NO4S/c1-16(14,15)11-6-8(10(12)13)7-4-2-3-5-9(7)11/h6H,2-5H2,1H3,(H,12,13). The molecule has 5 nitrogen and oxygen atoms in total. The quantitative estimate of drug-likeness (QED) is 0.836. The van der Waals surface area contributed by atoms with Crippen LogP contribution in [0.5, 0.6) is 0 Å². The highest BCUT2D eigenvalue weighted by atomic mass is 32.2. The van der Waals surface area contributed by atoms with E-state index in [0.717, 1.165) is 23.1 Å². The van der Waals surface area contributed by atoms with Crippen molar-refractivity contribution in [2.24, 2.45) is 0 Å². The lowest BCUT2D eigenvalue weighted by atomic mass is 9.95. The molecule has 1 heterocycles. The summed E-state index contributed by atoms with van der Waals surface area (Å²) in [5, 5.41) is 9.01. The molecule has 0 unspecified atom stereocenters. The fourth-order valence-corrected chi connectivity index (χ4v) is 3.07. The van der Waals surface area contributed by atoms with E-state index in [0.29, 0.717) is 24.1 Å². The molecule has 0 atom stereocenters. The van der Waals surface area contributed by atoms with Gasteiger partial charge < -0.3 is 5.11 Å². The highest BCUT2D eigenvalue weighted by Gasteiger charge is 2.25. The Morgan fingerprint density at radius 3 is 2.56 bits per heavy atom. The third-order valence-electron chi connectivity index (χ3n) is 2.86. The molecule has 1 aromatic rings. The maximum absolute atomic E-state index is 11.5. The Kier molecular flexibility index (Phi) is 2.53. The molecule has 0 saturated carbocycles. The van der Waals surface area contributed by atoms with Crippen molar-refractivity contribution in [3.05, 3.63) is 23.0 Å². The van der Waals surface area contributed by atoms with Gasteiger partial charge in [0.2, 0.25) is 10.0 Å². The molecule has 0 bridgehead atoms. The first-order valence-corrected chi connectivity index (χ1v) is 6.93. The Morgan fingerprint density at radius 1 is 1.38 bits per heavy atom. The highest BCUT2D eigenvalue weighted by Crippen LogP contribution is 2.27. The maximum atomic E-state index is 11.5. The van der Waals surface area contributed by atoms with Crippen LogP contribution in [0.4, 0.5) is 0 Å². The highest BCUT2D eigenvalue weighted by molar-refractivity contribution is 7.89. The van der Waals surface area contributed by atoms with Crippen LogP contribution in [0.15, 0.2) is 6.20 Å². The van der Waals surface area contributed by atoms with Gasteiger partial charge in [0, 0.05) is 11.9 Å². The molecule has 0 saturated heterocycles. The van der Waals surface area contributed by atoms with Crippen molar-refractivity contribution in [1.82, 2.24) is 3.97 Å². The molecule has 1 aromatic heterocycles. The van der Waals surface area contributed by atoms with E-state index >= 15 is 0 Å². The van der Waals surface area contributed by atoms with Gasteiger partial charge in [0.15, 0.2) is 0 Å². The zero-order valence-electron chi connectivity index (χ0n) is 8.93. The van der Waals surface area contributed by atoms with Crippen molar-refractivity contribution < 1.29 is 18.3 Å². The number of carbonyl (C=O) groups is 1. The van der Waals surface area contributed by atoms with Crippen LogP contribution in [-0.4, -0.2) is 29.7 Å². The van der Waals surface area contributed by atoms with Crippen LogP contribution in [0.1, 0.15) is 34.5 Å². The second-order valence-corrected chi connectivity index (χ2v) is 5.90. The number of carboxylic acid groups (broad SMARTS) is 1. The summed E-state index contributed by atoms with van der Waals surface area (Å²) in [6.07, 6.45) is 5.43. The number of aromatic nitrogens is 1. The van der Waals surface area contributed by atoms with Gasteiger partial charge in [0.05, 0.1) is 11.8 Å². The Hall–Kier alpha value is -1.30. The van der Waals surface area contributed by atoms with E-state index in [1.54, 1.807) is 0 Å². The topological polar surface area (TPSA) is 76.4 Å². The van der Waals surface area contributed by atoms with Crippen molar-refractivity contribution in [2.45, 2.75) is 25.7 Å². The molecule has 16 heavy (non-hydrogen) atoms. The van der Waals surface area contributed by atoms with Crippen molar-refractivity contribution in [1.29, 1.82) is 0 Å². The molecule has 2 rings (SSSR count). The molecule has 0 fully saturated rings. The first-order chi connectivity index (χ1) is 7.41. The van der Waals surface area contributed by atoms with Gasteiger partial charge in [-0.1, -0.05) is 0 Å². The Bertz CT molecular complexity index is 541. The third kappa shape index (κ3) is 1.73. The van der Waals surface area contributed by atoms with E-state index in [1.807, 2.05) is 0 Å². The summed E-state index contributed by atoms with van der Waals surface area (Å²) in [7, 11) is -3.40. The van der Waals surface area contributed by atoms with Crippen LogP contribution >= 0.6 is 0 Å². The normalized spacial score (nSPS) is 15.8. The number of nitrogens with zero attached hydrogens (tertiary/aromatic N) is 1. The van der Waals surface area contributed by atoms with Crippen LogP contribution in [-0.2, 0) is 22.9 Å². The smallest absolute Gasteiger partial charge is 0.337 e. The van der Waals surface area contributed by atoms with Gasteiger partial charge in [-0.05, 0) is 31.2 Å². The van der Waals surface area contributed by atoms with Crippen molar-refractivity contribution in [2.75, 3.05) is 6.26 Å². The number of aromatic carboxylic acids is 1. The van der Waals surface area contributed by atoms with E-state index in [-0.39, 0.29) is 5.56 Å². The SMILES string of the molecule is CS(=O)(=O)n1cc(C(=O)O)c2c1CCCC2. The Morgan fingerprint density at radius 2 is 2.00 bits per heavy atom. The van der Waals surface area contributed by atoms with E-state index in [4.69, 9.17) is 5.11 Å². The van der Waals surface area contributed by atoms with Gasteiger partial charge in [-0.2, -0.15) is 0 Å². The van der Waals surface area contributed by atoms with Gasteiger partial charge in [-0.3, -0.25) is 0 Å². The average Bonchev–Trinajstić information content (AvgIpc) is 2.56.